The Hall–Kier alpha value is -0.820. The number of guanidine groups is 1. The number of benzene rings is 1. The summed E-state index contributed by atoms with van der Waals surface area (Å²) in [6.45, 7) is 5.53. The van der Waals surface area contributed by atoms with Gasteiger partial charge >= 0.3 is 0 Å². The van der Waals surface area contributed by atoms with E-state index in [0.29, 0.717) is 19.0 Å². The number of aliphatic hydroxyl groups is 1. The first-order chi connectivity index (χ1) is 9.69. The molecule has 3 unspecified atom stereocenters. The monoisotopic (exact) mass is 403 g/mol. The summed E-state index contributed by atoms with van der Waals surface area (Å²) >= 11 is 0. The van der Waals surface area contributed by atoms with Gasteiger partial charge < -0.3 is 15.7 Å². The number of halogens is 1. The highest BCUT2D eigenvalue weighted by atomic mass is 127. The van der Waals surface area contributed by atoms with Crippen molar-refractivity contribution >= 4 is 29.9 Å². The third kappa shape index (κ3) is 6.65. The molecule has 0 radical (unpaired) electrons. The molecule has 0 aliphatic heterocycles. The molecule has 1 aliphatic carbocycles. The normalized spacial score (nSPS) is 22.1. The fourth-order valence-electron chi connectivity index (χ4n) is 2.17. The Bertz CT molecular complexity index is 438. The molecule has 3 atom stereocenters. The van der Waals surface area contributed by atoms with Crippen molar-refractivity contribution in [2.75, 3.05) is 13.1 Å². The van der Waals surface area contributed by atoms with Gasteiger partial charge in [0.1, 0.15) is 0 Å². The predicted octanol–water partition coefficient (Wildman–Crippen LogP) is 2.17. The summed E-state index contributed by atoms with van der Waals surface area (Å²) in [6.07, 6.45) is 1.41. The first-order valence-electron chi connectivity index (χ1n) is 7.46. The van der Waals surface area contributed by atoms with Crippen molar-refractivity contribution in [2.24, 2.45) is 10.9 Å². The van der Waals surface area contributed by atoms with E-state index in [1.54, 1.807) is 0 Å². The van der Waals surface area contributed by atoms with E-state index in [1.165, 1.54) is 6.42 Å². The lowest BCUT2D eigenvalue weighted by Gasteiger charge is -2.13. The van der Waals surface area contributed by atoms with E-state index in [0.717, 1.165) is 24.0 Å². The quantitative estimate of drug-likeness (QED) is 0.388. The molecule has 0 spiro atoms. The minimum atomic E-state index is -0.440. The van der Waals surface area contributed by atoms with Gasteiger partial charge in [-0.3, -0.25) is 4.99 Å². The third-order valence-corrected chi connectivity index (χ3v) is 3.55. The van der Waals surface area contributed by atoms with Crippen LogP contribution in [0.4, 0.5) is 0 Å². The van der Waals surface area contributed by atoms with Crippen molar-refractivity contribution in [1.29, 1.82) is 0 Å². The Morgan fingerprint density at radius 2 is 2.05 bits per heavy atom. The van der Waals surface area contributed by atoms with Crippen LogP contribution in [0.15, 0.2) is 35.3 Å². The molecule has 0 amide bonds. The summed E-state index contributed by atoms with van der Waals surface area (Å²) in [5.41, 5.74) is 1.14. The van der Waals surface area contributed by atoms with Crippen LogP contribution in [0.5, 0.6) is 0 Å². The van der Waals surface area contributed by atoms with Crippen molar-refractivity contribution in [3.05, 3.63) is 35.9 Å². The molecule has 1 aliphatic rings. The molecule has 5 heteroatoms. The van der Waals surface area contributed by atoms with Crippen LogP contribution in [0, 0.1) is 5.92 Å². The molecule has 0 saturated heterocycles. The van der Waals surface area contributed by atoms with E-state index < -0.39 is 6.10 Å². The van der Waals surface area contributed by atoms with Crippen LogP contribution in [-0.2, 0) is 6.42 Å². The highest BCUT2D eigenvalue weighted by Gasteiger charge is 2.33. The standard InChI is InChI=1S/C16H25N3O.HI/c1-3-17-16(19-15-9-12(15)2)18-11-14(20)10-13-7-5-4-6-8-13;/h4-8,12,14-15,20H,3,9-11H2,1-2H3,(H2,17,18,19);1H. The second-order valence-corrected chi connectivity index (χ2v) is 5.53. The largest absolute Gasteiger partial charge is 0.391 e. The smallest absolute Gasteiger partial charge is 0.191 e. The number of rotatable bonds is 6. The Labute approximate surface area is 144 Å². The van der Waals surface area contributed by atoms with E-state index in [9.17, 15) is 5.11 Å². The Kier molecular flexibility index (Phi) is 8.03. The Morgan fingerprint density at radius 1 is 1.38 bits per heavy atom. The zero-order valence-electron chi connectivity index (χ0n) is 12.7. The average Bonchev–Trinajstić information content (AvgIpc) is 3.13. The number of aliphatic hydroxyl groups excluding tert-OH is 1. The van der Waals surface area contributed by atoms with Crippen molar-refractivity contribution < 1.29 is 5.11 Å². The number of aliphatic imine (C=N–C) groups is 1. The first kappa shape index (κ1) is 18.2. The van der Waals surface area contributed by atoms with Gasteiger partial charge in [-0.25, -0.2) is 0 Å². The molecule has 0 bridgehead atoms. The maximum atomic E-state index is 10.1. The molecular weight excluding hydrogens is 377 g/mol. The number of nitrogens with one attached hydrogen (secondary N) is 2. The SMILES string of the molecule is CCNC(=NCC(O)Cc1ccccc1)NC1CC1C.I. The Morgan fingerprint density at radius 3 is 2.62 bits per heavy atom. The summed E-state index contributed by atoms with van der Waals surface area (Å²) in [6, 6.07) is 10.6. The Balaban J connectivity index is 0.00000220. The van der Waals surface area contributed by atoms with Crippen molar-refractivity contribution in [3.8, 4) is 0 Å². The van der Waals surface area contributed by atoms with Crippen LogP contribution in [0.3, 0.4) is 0 Å². The molecule has 3 N–H and O–H groups in total. The fourth-order valence-corrected chi connectivity index (χ4v) is 2.17. The fraction of sp³-hybridized carbons (Fsp3) is 0.562. The van der Waals surface area contributed by atoms with Gasteiger partial charge in [0.15, 0.2) is 5.96 Å². The first-order valence-corrected chi connectivity index (χ1v) is 7.46. The van der Waals surface area contributed by atoms with Gasteiger partial charge in [-0.05, 0) is 24.8 Å². The second-order valence-electron chi connectivity index (χ2n) is 5.53. The van der Waals surface area contributed by atoms with Crippen molar-refractivity contribution in [3.63, 3.8) is 0 Å². The highest BCUT2D eigenvalue weighted by Crippen LogP contribution is 2.28. The topological polar surface area (TPSA) is 56.7 Å². The predicted molar refractivity (Wildman–Crippen MR) is 98.3 cm³/mol. The zero-order valence-corrected chi connectivity index (χ0v) is 15.1. The lowest BCUT2D eigenvalue weighted by molar-refractivity contribution is 0.183. The summed E-state index contributed by atoms with van der Waals surface area (Å²) in [5, 5.41) is 16.7. The van der Waals surface area contributed by atoms with Gasteiger partial charge in [-0.2, -0.15) is 0 Å². The van der Waals surface area contributed by atoms with Gasteiger partial charge in [0.05, 0.1) is 12.6 Å². The zero-order chi connectivity index (χ0) is 14.4. The van der Waals surface area contributed by atoms with Gasteiger partial charge in [0.2, 0.25) is 0 Å². The third-order valence-electron chi connectivity index (χ3n) is 3.55. The molecule has 0 heterocycles. The van der Waals surface area contributed by atoms with Gasteiger partial charge in [-0.1, -0.05) is 37.3 Å². The van der Waals surface area contributed by atoms with E-state index in [2.05, 4.69) is 22.5 Å². The van der Waals surface area contributed by atoms with Crippen LogP contribution >= 0.6 is 24.0 Å². The molecule has 21 heavy (non-hydrogen) atoms. The van der Waals surface area contributed by atoms with Crippen LogP contribution in [0.25, 0.3) is 0 Å². The van der Waals surface area contributed by atoms with E-state index >= 15 is 0 Å². The summed E-state index contributed by atoms with van der Waals surface area (Å²) in [7, 11) is 0. The molecule has 4 nitrogen and oxygen atoms in total. The van der Waals surface area contributed by atoms with E-state index in [4.69, 9.17) is 0 Å². The summed E-state index contributed by atoms with van der Waals surface area (Å²) in [5.74, 6) is 1.54. The highest BCUT2D eigenvalue weighted by molar-refractivity contribution is 14.0. The van der Waals surface area contributed by atoms with Gasteiger partial charge in [0, 0.05) is 19.0 Å². The minimum absolute atomic E-state index is 0. The van der Waals surface area contributed by atoms with Crippen molar-refractivity contribution in [2.45, 2.75) is 38.8 Å². The lowest BCUT2D eigenvalue weighted by Crippen LogP contribution is -2.39. The minimum Gasteiger partial charge on any atom is -0.391 e. The summed E-state index contributed by atoms with van der Waals surface area (Å²) in [4.78, 5) is 4.47. The van der Waals surface area contributed by atoms with Gasteiger partial charge in [-0.15, -0.1) is 24.0 Å². The average molecular weight is 403 g/mol. The molecule has 0 aromatic heterocycles. The van der Waals surface area contributed by atoms with Crippen molar-refractivity contribution in [1.82, 2.24) is 10.6 Å². The van der Waals surface area contributed by atoms with Crippen LogP contribution < -0.4 is 10.6 Å². The number of hydrogen-bond donors (Lipinski definition) is 3. The second kappa shape index (κ2) is 9.25. The molecule has 1 aromatic rings. The molecule has 2 rings (SSSR count). The summed E-state index contributed by atoms with van der Waals surface area (Å²) < 4.78 is 0. The molecule has 1 saturated carbocycles. The molecule has 1 fully saturated rings. The molecule has 1 aromatic carbocycles. The van der Waals surface area contributed by atoms with Crippen LogP contribution in [-0.4, -0.2) is 36.3 Å². The van der Waals surface area contributed by atoms with E-state index in [-0.39, 0.29) is 24.0 Å². The van der Waals surface area contributed by atoms with Gasteiger partial charge in [0.25, 0.3) is 0 Å². The number of nitrogens with zero attached hydrogens (tertiary/aromatic N) is 1. The lowest BCUT2D eigenvalue weighted by atomic mass is 10.1. The molecular formula is C16H26IN3O. The van der Waals surface area contributed by atoms with E-state index in [1.807, 2.05) is 37.3 Å². The maximum absolute atomic E-state index is 10.1. The number of hydrogen-bond acceptors (Lipinski definition) is 2. The van der Waals surface area contributed by atoms with Crippen LogP contribution in [0.2, 0.25) is 0 Å². The van der Waals surface area contributed by atoms with Crippen LogP contribution in [0.1, 0.15) is 25.8 Å². The maximum Gasteiger partial charge on any atom is 0.191 e. The molecule has 118 valence electrons.